The molecule has 0 aromatic heterocycles. The molecule has 0 radical (unpaired) electrons. The summed E-state index contributed by atoms with van der Waals surface area (Å²) in [5, 5.41) is 9.97. The lowest BCUT2D eigenvalue weighted by atomic mass is 10.0. The van der Waals surface area contributed by atoms with E-state index in [1.165, 1.54) is 22.9 Å². The topological polar surface area (TPSA) is 37.3 Å². The molecule has 1 N–H and O–H groups in total. The van der Waals surface area contributed by atoms with E-state index in [2.05, 4.69) is 30.8 Å². The number of hydrogen-bond acceptors (Lipinski definition) is 3. The molecule has 2 rings (SSSR count). The molecule has 0 bridgehead atoms. The van der Waals surface area contributed by atoms with Gasteiger partial charge < -0.3 is 5.11 Å². The van der Waals surface area contributed by atoms with Gasteiger partial charge >= 0.3 is 0 Å². The average molecular weight is 300 g/mol. The number of aliphatic hydroxyl groups is 1. The van der Waals surface area contributed by atoms with Gasteiger partial charge in [0.2, 0.25) is 5.12 Å². The maximum atomic E-state index is 12.0. The molecule has 1 heterocycles. The summed E-state index contributed by atoms with van der Waals surface area (Å²) in [7, 11) is 0. The SMILES string of the molecule is C=C/C(C)=C/C1SC(=O)C(CCc2ccc(C)cc2)=C1O. The molecule has 2 nitrogen and oxygen atoms in total. The van der Waals surface area contributed by atoms with Crippen LogP contribution in [0.25, 0.3) is 0 Å². The number of carbonyl (C=O) groups is 1. The lowest BCUT2D eigenvalue weighted by molar-refractivity contribution is -0.107. The standard InChI is InChI=1S/C18H20O2S/c1-4-12(2)11-16-17(19)15(18(20)21-16)10-9-14-7-5-13(3)6-8-14/h4-8,11,16,19H,1,9-10H2,2-3H3/b12-11+. The normalized spacial score (nSPS) is 19.2. The number of benzene rings is 1. The Bertz CT molecular complexity index is 609. The maximum Gasteiger partial charge on any atom is 0.219 e. The van der Waals surface area contributed by atoms with Gasteiger partial charge in [-0.1, -0.05) is 65.9 Å². The van der Waals surface area contributed by atoms with E-state index >= 15 is 0 Å². The molecule has 0 fully saturated rings. The van der Waals surface area contributed by atoms with Crippen LogP contribution in [0.3, 0.4) is 0 Å². The number of carbonyl (C=O) groups excluding carboxylic acids is 1. The van der Waals surface area contributed by atoms with Gasteiger partial charge in [0.25, 0.3) is 0 Å². The molecule has 0 amide bonds. The molecule has 1 aliphatic rings. The molecule has 1 aliphatic heterocycles. The first kappa shape index (κ1) is 15.6. The van der Waals surface area contributed by atoms with Crippen molar-refractivity contribution in [2.45, 2.75) is 31.9 Å². The predicted octanol–water partition coefficient (Wildman–Crippen LogP) is 4.51. The van der Waals surface area contributed by atoms with Crippen LogP contribution in [-0.2, 0) is 11.2 Å². The monoisotopic (exact) mass is 300 g/mol. The van der Waals surface area contributed by atoms with Gasteiger partial charge in [-0.2, -0.15) is 0 Å². The van der Waals surface area contributed by atoms with Crippen LogP contribution in [-0.4, -0.2) is 15.5 Å². The molecule has 21 heavy (non-hydrogen) atoms. The van der Waals surface area contributed by atoms with Crippen molar-refractivity contribution in [1.29, 1.82) is 0 Å². The van der Waals surface area contributed by atoms with Crippen LogP contribution in [0.4, 0.5) is 0 Å². The summed E-state index contributed by atoms with van der Waals surface area (Å²) in [6, 6.07) is 8.26. The zero-order valence-electron chi connectivity index (χ0n) is 12.4. The summed E-state index contributed by atoms with van der Waals surface area (Å²) in [5.74, 6) is 0.207. The zero-order valence-corrected chi connectivity index (χ0v) is 13.2. The molecule has 1 aromatic rings. The first-order valence-electron chi connectivity index (χ1n) is 7.00. The van der Waals surface area contributed by atoms with Gasteiger partial charge in [-0.25, -0.2) is 0 Å². The fourth-order valence-corrected chi connectivity index (χ4v) is 3.31. The summed E-state index contributed by atoms with van der Waals surface area (Å²) < 4.78 is 0. The predicted molar refractivity (Wildman–Crippen MR) is 89.5 cm³/mol. The summed E-state index contributed by atoms with van der Waals surface area (Å²) >= 11 is 1.18. The molecule has 1 aromatic carbocycles. The van der Waals surface area contributed by atoms with Gasteiger partial charge in [0.1, 0.15) is 5.76 Å². The van der Waals surface area contributed by atoms with Crippen molar-refractivity contribution in [2.24, 2.45) is 0 Å². The molecule has 3 heteroatoms. The highest BCUT2D eigenvalue weighted by Gasteiger charge is 2.31. The fraction of sp³-hybridized carbons (Fsp3) is 0.278. The minimum Gasteiger partial charge on any atom is -0.510 e. The van der Waals surface area contributed by atoms with Crippen LogP contribution in [0.5, 0.6) is 0 Å². The van der Waals surface area contributed by atoms with Crippen LogP contribution >= 0.6 is 11.8 Å². The van der Waals surface area contributed by atoms with Crippen molar-refractivity contribution in [3.05, 3.63) is 71.0 Å². The van der Waals surface area contributed by atoms with Crippen LogP contribution in [0.2, 0.25) is 0 Å². The fourth-order valence-electron chi connectivity index (χ4n) is 2.19. The molecule has 1 atom stereocenters. The maximum absolute atomic E-state index is 12.0. The lowest BCUT2D eigenvalue weighted by Gasteiger charge is -2.04. The second kappa shape index (κ2) is 6.81. The molecule has 0 aliphatic carbocycles. The van der Waals surface area contributed by atoms with E-state index in [0.717, 1.165) is 12.0 Å². The summed E-state index contributed by atoms with van der Waals surface area (Å²) in [5.41, 5.74) is 3.92. The molecule has 0 saturated carbocycles. The average Bonchev–Trinajstić information content (AvgIpc) is 2.73. The van der Waals surface area contributed by atoms with E-state index in [1.54, 1.807) is 6.08 Å². The van der Waals surface area contributed by atoms with E-state index in [1.807, 2.05) is 19.9 Å². The number of aryl methyl sites for hydroxylation is 2. The van der Waals surface area contributed by atoms with Gasteiger partial charge in [0.15, 0.2) is 0 Å². The Morgan fingerprint density at radius 1 is 1.33 bits per heavy atom. The van der Waals surface area contributed by atoms with Crippen molar-refractivity contribution in [3.63, 3.8) is 0 Å². The number of thioether (sulfide) groups is 1. The number of rotatable bonds is 5. The van der Waals surface area contributed by atoms with Gasteiger partial charge in [-0.3, -0.25) is 4.79 Å². The van der Waals surface area contributed by atoms with Crippen molar-refractivity contribution in [1.82, 2.24) is 0 Å². The zero-order chi connectivity index (χ0) is 15.4. The third-order valence-electron chi connectivity index (χ3n) is 3.58. The quantitative estimate of drug-likeness (QED) is 0.813. The van der Waals surface area contributed by atoms with E-state index in [-0.39, 0.29) is 16.1 Å². The van der Waals surface area contributed by atoms with E-state index in [4.69, 9.17) is 0 Å². The van der Waals surface area contributed by atoms with Gasteiger partial charge in [0, 0.05) is 5.57 Å². The van der Waals surface area contributed by atoms with Crippen LogP contribution in [0, 0.1) is 6.92 Å². The summed E-state index contributed by atoms with van der Waals surface area (Å²) in [4.78, 5) is 12.0. The van der Waals surface area contributed by atoms with Crippen LogP contribution < -0.4 is 0 Å². The lowest BCUT2D eigenvalue weighted by Crippen LogP contribution is -2.00. The minimum absolute atomic E-state index is 0.0160. The second-order valence-corrected chi connectivity index (χ2v) is 6.40. The smallest absolute Gasteiger partial charge is 0.219 e. The molecular formula is C18H20O2S. The Morgan fingerprint density at radius 3 is 2.62 bits per heavy atom. The third-order valence-corrected chi connectivity index (χ3v) is 4.65. The number of aliphatic hydroxyl groups excluding tert-OH is 1. The number of allylic oxidation sites excluding steroid dienone is 2. The van der Waals surface area contributed by atoms with Crippen molar-refractivity contribution >= 4 is 16.9 Å². The Morgan fingerprint density at radius 2 is 2.00 bits per heavy atom. The molecular weight excluding hydrogens is 280 g/mol. The summed E-state index contributed by atoms with van der Waals surface area (Å²) in [6.07, 6.45) is 4.95. The highest BCUT2D eigenvalue weighted by Crippen LogP contribution is 2.36. The first-order valence-corrected chi connectivity index (χ1v) is 7.88. The highest BCUT2D eigenvalue weighted by atomic mass is 32.2. The summed E-state index contributed by atoms with van der Waals surface area (Å²) in [6.45, 7) is 7.65. The Kier molecular flexibility index (Phi) is 5.07. The second-order valence-electron chi connectivity index (χ2n) is 5.29. The highest BCUT2D eigenvalue weighted by molar-refractivity contribution is 8.15. The van der Waals surface area contributed by atoms with E-state index in [9.17, 15) is 9.90 Å². The van der Waals surface area contributed by atoms with Crippen molar-refractivity contribution < 1.29 is 9.90 Å². The van der Waals surface area contributed by atoms with E-state index < -0.39 is 0 Å². The first-order chi connectivity index (χ1) is 10.0. The molecule has 0 saturated heterocycles. The minimum atomic E-state index is -0.261. The Balaban J connectivity index is 2.09. The Hall–Kier alpha value is -1.74. The van der Waals surface area contributed by atoms with Gasteiger partial charge in [-0.15, -0.1) is 0 Å². The molecule has 110 valence electrons. The Labute approximate surface area is 130 Å². The van der Waals surface area contributed by atoms with Crippen molar-refractivity contribution in [3.8, 4) is 0 Å². The third kappa shape index (κ3) is 3.88. The van der Waals surface area contributed by atoms with Crippen LogP contribution in [0.1, 0.15) is 24.5 Å². The number of hydrogen-bond donors (Lipinski definition) is 1. The largest absolute Gasteiger partial charge is 0.510 e. The van der Waals surface area contributed by atoms with E-state index in [0.29, 0.717) is 12.0 Å². The molecule has 0 spiro atoms. The van der Waals surface area contributed by atoms with Gasteiger partial charge in [0.05, 0.1) is 5.25 Å². The van der Waals surface area contributed by atoms with Crippen molar-refractivity contribution in [2.75, 3.05) is 0 Å². The van der Waals surface area contributed by atoms with Crippen LogP contribution in [0.15, 0.2) is 59.9 Å². The molecule has 1 unspecified atom stereocenters. The van der Waals surface area contributed by atoms with Gasteiger partial charge in [-0.05, 0) is 32.3 Å².